The molecule has 0 nitrogen and oxygen atoms in total. The van der Waals surface area contributed by atoms with Crippen LogP contribution in [0.4, 0.5) is 0 Å². The summed E-state index contributed by atoms with van der Waals surface area (Å²) >= 11 is 7.41. The van der Waals surface area contributed by atoms with Gasteiger partial charge in [-0.25, -0.2) is 0 Å². The second kappa shape index (κ2) is 6.13. The van der Waals surface area contributed by atoms with E-state index in [1.807, 2.05) is 0 Å². The molecule has 2 rings (SSSR count). The Hall–Kier alpha value is -0.600. The first-order chi connectivity index (χ1) is 10.00. The van der Waals surface area contributed by atoms with Crippen molar-refractivity contribution in [1.82, 2.24) is 0 Å². The van der Waals surface area contributed by atoms with Crippen LogP contribution in [0.2, 0.25) is 0 Å². The van der Waals surface area contributed by atoms with Crippen molar-refractivity contribution in [3.8, 4) is 11.1 Å². The molecule has 2 aromatic carbocycles. The maximum Gasteiger partial charge on any atom is 0.0265 e. The van der Waals surface area contributed by atoms with Gasteiger partial charge in [0.1, 0.15) is 0 Å². The molecule has 0 saturated heterocycles. The molecule has 0 aliphatic rings. The molecule has 118 valence electrons. The molecule has 0 fully saturated rings. The van der Waals surface area contributed by atoms with Crippen LogP contribution in [0.3, 0.4) is 0 Å². The third kappa shape index (κ3) is 3.83. The lowest BCUT2D eigenvalue weighted by Gasteiger charge is -2.26. The fraction of sp³-hybridized carbons (Fsp3) is 0.400. The summed E-state index contributed by atoms with van der Waals surface area (Å²) in [6, 6.07) is 13.2. The molecule has 0 aromatic heterocycles. The van der Waals surface area contributed by atoms with E-state index >= 15 is 0 Å². The molecule has 0 spiro atoms. The number of benzene rings is 2. The van der Waals surface area contributed by atoms with Crippen LogP contribution in [-0.2, 0) is 10.8 Å². The molecule has 2 aromatic rings. The first kappa shape index (κ1) is 17.7. The van der Waals surface area contributed by atoms with E-state index < -0.39 is 0 Å². The molecule has 0 atom stereocenters. The van der Waals surface area contributed by atoms with Crippen molar-refractivity contribution < 1.29 is 0 Å². The average molecular weight is 424 g/mol. The standard InChI is InChI=1S/C20H24Br2/c1-19(2,3)14-10-13(11-15(12-14)20(4,5)6)18-16(21)8-7-9-17(18)22/h7-12H,1-6H3. The van der Waals surface area contributed by atoms with Crippen molar-refractivity contribution >= 4 is 31.9 Å². The highest BCUT2D eigenvalue weighted by Crippen LogP contribution is 2.39. The summed E-state index contributed by atoms with van der Waals surface area (Å²) in [6.45, 7) is 13.6. The fourth-order valence-electron chi connectivity index (χ4n) is 2.41. The zero-order valence-corrected chi connectivity index (χ0v) is 17.4. The first-order valence-electron chi connectivity index (χ1n) is 7.60. The highest BCUT2D eigenvalue weighted by molar-refractivity contribution is 9.11. The number of hydrogen-bond donors (Lipinski definition) is 0. The van der Waals surface area contributed by atoms with Crippen molar-refractivity contribution in [3.63, 3.8) is 0 Å². The number of rotatable bonds is 1. The second-order valence-corrected chi connectivity index (χ2v) is 9.60. The predicted octanol–water partition coefficient (Wildman–Crippen LogP) is 7.47. The van der Waals surface area contributed by atoms with Gasteiger partial charge in [0.25, 0.3) is 0 Å². The monoisotopic (exact) mass is 422 g/mol. The molecular formula is C20H24Br2. The van der Waals surface area contributed by atoms with Gasteiger partial charge in [-0.05, 0) is 39.7 Å². The number of halogens is 2. The Balaban J connectivity index is 2.76. The highest BCUT2D eigenvalue weighted by atomic mass is 79.9. The lowest BCUT2D eigenvalue weighted by Crippen LogP contribution is -2.16. The summed E-state index contributed by atoms with van der Waals surface area (Å²) in [4.78, 5) is 0. The van der Waals surface area contributed by atoms with Gasteiger partial charge >= 0.3 is 0 Å². The van der Waals surface area contributed by atoms with Crippen LogP contribution in [0.15, 0.2) is 45.3 Å². The lowest BCUT2D eigenvalue weighted by molar-refractivity contribution is 0.569. The highest BCUT2D eigenvalue weighted by Gasteiger charge is 2.21. The van der Waals surface area contributed by atoms with Gasteiger partial charge in [-0.15, -0.1) is 0 Å². The van der Waals surface area contributed by atoms with Crippen LogP contribution in [0, 0.1) is 0 Å². The van der Waals surface area contributed by atoms with E-state index in [2.05, 4.69) is 110 Å². The smallest absolute Gasteiger partial charge is 0.0265 e. The fourth-order valence-corrected chi connectivity index (χ4v) is 3.87. The van der Waals surface area contributed by atoms with Crippen molar-refractivity contribution in [2.24, 2.45) is 0 Å². The minimum absolute atomic E-state index is 0.129. The van der Waals surface area contributed by atoms with Gasteiger partial charge in [-0.2, -0.15) is 0 Å². The summed E-state index contributed by atoms with van der Waals surface area (Å²) < 4.78 is 2.24. The largest absolute Gasteiger partial charge is 0.0600 e. The van der Waals surface area contributed by atoms with Gasteiger partial charge in [0.2, 0.25) is 0 Å². The van der Waals surface area contributed by atoms with E-state index in [0.717, 1.165) is 8.95 Å². The quantitative estimate of drug-likeness (QED) is 0.446. The van der Waals surface area contributed by atoms with E-state index in [1.165, 1.54) is 22.3 Å². The molecule has 0 bridgehead atoms. The minimum atomic E-state index is 0.129. The summed E-state index contributed by atoms with van der Waals surface area (Å²) in [6.07, 6.45) is 0. The molecule has 0 saturated carbocycles. The van der Waals surface area contributed by atoms with E-state index in [-0.39, 0.29) is 10.8 Å². The van der Waals surface area contributed by atoms with Crippen LogP contribution >= 0.6 is 31.9 Å². The summed E-state index contributed by atoms with van der Waals surface area (Å²) in [5.41, 5.74) is 5.49. The molecule has 0 N–H and O–H groups in total. The van der Waals surface area contributed by atoms with Crippen LogP contribution in [0.25, 0.3) is 11.1 Å². The van der Waals surface area contributed by atoms with Gasteiger partial charge in [0.15, 0.2) is 0 Å². The van der Waals surface area contributed by atoms with Crippen LogP contribution in [-0.4, -0.2) is 0 Å². The second-order valence-electron chi connectivity index (χ2n) is 7.90. The molecule has 0 amide bonds. The molecular weight excluding hydrogens is 400 g/mol. The normalized spacial score (nSPS) is 12.5. The van der Waals surface area contributed by atoms with Gasteiger partial charge < -0.3 is 0 Å². The zero-order chi connectivity index (χ0) is 16.7. The molecule has 2 heteroatoms. The Morgan fingerprint density at radius 2 is 1.09 bits per heavy atom. The van der Waals surface area contributed by atoms with Crippen molar-refractivity contribution in [2.75, 3.05) is 0 Å². The molecule has 0 radical (unpaired) electrons. The Labute approximate surface area is 151 Å². The van der Waals surface area contributed by atoms with Gasteiger partial charge in [-0.3, -0.25) is 0 Å². The Morgan fingerprint density at radius 1 is 0.682 bits per heavy atom. The minimum Gasteiger partial charge on any atom is -0.0600 e. The van der Waals surface area contributed by atoms with Crippen LogP contribution in [0.5, 0.6) is 0 Å². The molecule has 0 heterocycles. The van der Waals surface area contributed by atoms with Crippen molar-refractivity contribution in [3.05, 3.63) is 56.5 Å². The molecule has 22 heavy (non-hydrogen) atoms. The van der Waals surface area contributed by atoms with Crippen molar-refractivity contribution in [2.45, 2.75) is 52.4 Å². The van der Waals surface area contributed by atoms with E-state index in [0.29, 0.717) is 0 Å². The van der Waals surface area contributed by atoms with Crippen LogP contribution in [0.1, 0.15) is 52.7 Å². The van der Waals surface area contributed by atoms with Gasteiger partial charge in [0, 0.05) is 14.5 Å². The third-order valence-electron chi connectivity index (χ3n) is 3.92. The molecule has 0 aliphatic heterocycles. The average Bonchev–Trinajstić information content (AvgIpc) is 2.36. The predicted molar refractivity (Wildman–Crippen MR) is 105 cm³/mol. The number of hydrogen-bond acceptors (Lipinski definition) is 0. The van der Waals surface area contributed by atoms with Crippen molar-refractivity contribution in [1.29, 1.82) is 0 Å². The van der Waals surface area contributed by atoms with E-state index in [9.17, 15) is 0 Å². The Bertz CT molecular complexity index is 633. The first-order valence-corrected chi connectivity index (χ1v) is 9.19. The maximum atomic E-state index is 3.70. The lowest BCUT2D eigenvalue weighted by atomic mass is 9.79. The zero-order valence-electron chi connectivity index (χ0n) is 14.2. The van der Waals surface area contributed by atoms with Crippen LogP contribution < -0.4 is 0 Å². The Morgan fingerprint density at radius 3 is 1.45 bits per heavy atom. The SMILES string of the molecule is CC(C)(C)c1cc(-c2c(Br)cccc2Br)cc(C(C)(C)C)c1. The third-order valence-corrected chi connectivity index (χ3v) is 5.24. The van der Waals surface area contributed by atoms with Gasteiger partial charge in [-0.1, -0.05) is 97.7 Å². The topological polar surface area (TPSA) is 0 Å². The summed E-state index contributed by atoms with van der Waals surface area (Å²) in [5.74, 6) is 0. The summed E-state index contributed by atoms with van der Waals surface area (Å²) in [5, 5.41) is 0. The van der Waals surface area contributed by atoms with E-state index in [1.54, 1.807) is 0 Å². The van der Waals surface area contributed by atoms with Gasteiger partial charge in [0.05, 0.1) is 0 Å². The van der Waals surface area contributed by atoms with E-state index in [4.69, 9.17) is 0 Å². The maximum absolute atomic E-state index is 3.70. The molecule has 0 unspecified atom stereocenters. The summed E-state index contributed by atoms with van der Waals surface area (Å²) in [7, 11) is 0. The molecule has 0 aliphatic carbocycles. The Kier molecular flexibility index (Phi) is 4.94.